The number of nitrogens with zero attached hydrogens (tertiary/aromatic N) is 2. The summed E-state index contributed by atoms with van der Waals surface area (Å²) < 4.78 is 15.3. The Morgan fingerprint density at radius 1 is 1.10 bits per heavy atom. The molecule has 1 aliphatic rings. The van der Waals surface area contributed by atoms with Crippen LogP contribution in [0.1, 0.15) is 26.3 Å². The average Bonchev–Trinajstić information content (AvgIpc) is 2.77. The normalized spacial score (nSPS) is 13.6. The van der Waals surface area contributed by atoms with Gasteiger partial charge in [-0.15, -0.1) is 0 Å². The summed E-state index contributed by atoms with van der Waals surface area (Å²) in [4.78, 5) is 36.7. The molecule has 2 aromatic rings. The Labute approximate surface area is 166 Å². The van der Waals surface area contributed by atoms with Crippen LogP contribution in [0.3, 0.4) is 0 Å². The van der Waals surface area contributed by atoms with Crippen LogP contribution in [0.5, 0.6) is 0 Å². The van der Waals surface area contributed by atoms with Gasteiger partial charge in [0.1, 0.15) is 6.61 Å². The molecule has 0 spiro atoms. The SMILES string of the molecule is COC(=O)c1ccc(COC(=O)c2cc([N+](=O)[O-])ccc2N2CCOCC2)cc1. The molecule has 9 nitrogen and oxygen atoms in total. The van der Waals surface area contributed by atoms with Crippen LogP contribution in [0.15, 0.2) is 42.5 Å². The summed E-state index contributed by atoms with van der Waals surface area (Å²) in [6, 6.07) is 10.6. The number of esters is 2. The van der Waals surface area contributed by atoms with Gasteiger partial charge in [-0.25, -0.2) is 9.59 Å². The molecule has 152 valence electrons. The molecule has 1 saturated heterocycles. The van der Waals surface area contributed by atoms with Crippen LogP contribution in [-0.2, 0) is 20.8 Å². The minimum Gasteiger partial charge on any atom is -0.465 e. The van der Waals surface area contributed by atoms with Gasteiger partial charge >= 0.3 is 11.9 Å². The van der Waals surface area contributed by atoms with Crippen molar-refractivity contribution in [3.05, 3.63) is 69.3 Å². The number of hydrogen-bond donors (Lipinski definition) is 0. The van der Waals surface area contributed by atoms with E-state index in [4.69, 9.17) is 9.47 Å². The molecule has 2 aromatic carbocycles. The molecule has 0 amide bonds. The number of carbonyl (C=O) groups excluding carboxylic acids is 2. The first kappa shape index (κ1) is 20.3. The maximum Gasteiger partial charge on any atom is 0.340 e. The fourth-order valence-electron chi connectivity index (χ4n) is 2.96. The standard InChI is InChI=1S/C20H20N2O7/c1-27-19(23)15-4-2-14(3-5-15)13-29-20(24)17-12-16(22(25)26)6-7-18(17)21-8-10-28-11-9-21/h2-7,12H,8-11,13H2,1H3. The maximum atomic E-state index is 12.7. The van der Waals surface area contributed by atoms with Gasteiger partial charge in [0, 0.05) is 25.2 Å². The highest BCUT2D eigenvalue weighted by Gasteiger charge is 2.23. The van der Waals surface area contributed by atoms with Gasteiger partial charge in [-0.2, -0.15) is 0 Å². The van der Waals surface area contributed by atoms with Crippen molar-refractivity contribution in [2.75, 3.05) is 38.3 Å². The summed E-state index contributed by atoms with van der Waals surface area (Å²) in [5, 5.41) is 11.1. The molecule has 0 saturated carbocycles. The van der Waals surface area contributed by atoms with Crippen molar-refractivity contribution in [2.45, 2.75) is 6.61 Å². The quantitative estimate of drug-likeness (QED) is 0.414. The van der Waals surface area contributed by atoms with E-state index in [0.717, 1.165) is 0 Å². The third-order valence-corrected chi connectivity index (χ3v) is 4.51. The Kier molecular flexibility index (Phi) is 6.40. The number of hydrogen-bond acceptors (Lipinski definition) is 8. The number of benzene rings is 2. The van der Waals surface area contributed by atoms with E-state index in [1.54, 1.807) is 30.3 Å². The van der Waals surface area contributed by atoms with Crippen molar-refractivity contribution >= 4 is 23.3 Å². The minimum atomic E-state index is -0.660. The second kappa shape index (κ2) is 9.16. The molecule has 0 aliphatic carbocycles. The number of anilines is 1. The Balaban J connectivity index is 1.77. The predicted molar refractivity (Wildman–Crippen MR) is 103 cm³/mol. The molecule has 0 radical (unpaired) electrons. The van der Waals surface area contributed by atoms with Crippen LogP contribution in [-0.4, -0.2) is 50.3 Å². The van der Waals surface area contributed by atoms with E-state index in [9.17, 15) is 19.7 Å². The lowest BCUT2D eigenvalue weighted by atomic mass is 10.1. The Hall–Kier alpha value is -3.46. The highest BCUT2D eigenvalue weighted by atomic mass is 16.6. The number of rotatable bonds is 6. The van der Waals surface area contributed by atoms with Gasteiger partial charge in [-0.1, -0.05) is 12.1 Å². The van der Waals surface area contributed by atoms with Crippen molar-refractivity contribution in [1.82, 2.24) is 0 Å². The molecule has 1 heterocycles. The molecule has 29 heavy (non-hydrogen) atoms. The molecule has 1 fully saturated rings. The molecular weight excluding hydrogens is 380 g/mol. The zero-order valence-corrected chi connectivity index (χ0v) is 15.8. The molecule has 0 unspecified atom stereocenters. The van der Waals surface area contributed by atoms with Gasteiger partial charge < -0.3 is 19.1 Å². The van der Waals surface area contributed by atoms with Crippen LogP contribution in [0, 0.1) is 10.1 Å². The number of morpholine rings is 1. The Bertz CT molecular complexity index is 906. The molecule has 0 bridgehead atoms. The summed E-state index contributed by atoms with van der Waals surface area (Å²) in [6.07, 6.45) is 0. The second-order valence-electron chi connectivity index (χ2n) is 6.32. The van der Waals surface area contributed by atoms with E-state index >= 15 is 0 Å². The summed E-state index contributed by atoms with van der Waals surface area (Å²) >= 11 is 0. The van der Waals surface area contributed by atoms with Crippen molar-refractivity contribution in [3.8, 4) is 0 Å². The van der Waals surface area contributed by atoms with Crippen molar-refractivity contribution < 1.29 is 28.7 Å². The van der Waals surface area contributed by atoms with E-state index in [-0.39, 0.29) is 17.9 Å². The zero-order chi connectivity index (χ0) is 20.8. The molecule has 0 aromatic heterocycles. The lowest BCUT2D eigenvalue weighted by Crippen LogP contribution is -2.37. The molecular formula is C20H20N2O7. The van der Waals surface area contributed by atoms with Crippen molar-refractivity contribution in [2.24, 2.45) is 0 Å². The second-order valence-corrected chi connectivity index (χ2v) is 6.32. The number of ether oxygens (including phenoxy) is 3. The van der Waals surface area contributed by atoms with E-state index in [1.807, 2.05) is 4.90 Å². The first-order chi connectivity index (χ1) is 14.0. The monoisotopic (exact) mass is 400 g/mol. The van der Waals surface area contributed by atoms with Gasteiger partial charge in [-0.3, -0.25) is 10.1 Å². The first-order valence-electron chi connectivity index (χ1n) is 8.95. The highest BCUT2D eigenvalue weighted by Crippen LogP contribution is 2.27. The van der Waals surface area contributed by atoms with Crippen molar-refractivity contribution in [1.29, 1.82) is 0 Å². The van der Waals surface area contributed by atoms with Gasteiger partial charge in [0.05, 0.1) is 42.1 Å². The maximum absolute atomic E-state index is 12.7. The van der Waals surface area contributed by atoms with Crippen LogP contribution in [0.2, 0.25) is 0 Å². The minimum absolute atomic E-state index is 0.0362. The van der Waals surface area contributed by atoms with E-state index in [2.05, 4.69) is 4.74 Å². The smallest absolute Gasteiger partial charge is 0.340 e. The van der Waals surface area contributed by atoms with Crippen molar-refractivity contribution in [3.63, 3.8) is 0 Å². The van der Waals surface area contributed by atoms with Crippen LogP contribution >= 0.6 is 0 Å². The van der Waals surface area contributed by atoms with Gasteiger partial charge in [0.2, 0.25) is 0 Å². The largest absolute Gasteiger partial charge is 0.465 e. The Morgan fingerprint density at radius 2 is 1.79 bits per heavy atom. The lowest BCUT2D eigenvalue weighted by molar-refractivity contribution is -0.384. The summed E-state index contributed by atoms with van der Waals surface area (Å²) in [6.45, 7) is 2.14. The average molecular weight is 400 g/mol. The molecule has 0 N–H and O–H groups in total. The molecule has 1 aliphatic heterocycles. The molecule has 0 atom stereocenters. The van der Waals surface area contributed by atoms with Crippen LogP contribution in [0.4, 0.5) is 11.4 Å². The fraction of sp³-hybridized carbons (Fsp3) is 0.300. The Morgan fingerprint density at radius 3 is 2.41 bits per heavy atom. The van der Waals surface area contributed by atoms with E-state index in [1.165, 1.54) is 19.2 Å². The number of carbonyl (C=O) groups is 2. The number of nitro benzene ring substituents is 1. The first-order valence-corrected chi connectivity index (χ1v) is 8.95. The summed E-state index contributed by atoms with van der Waals surface area (Å²) in [5.41, 5.74) is 1.58. The number of methoxy groups -OCH3 is 1. The van der Waals surface area contributed by atoms with Gasteiger partial charge in [0.25, 0.3) is 5.69 Å². The summed E-state index contributed by atoms with van der Waals surface area (Å²) in [7, 11) is 1.29. The third-order valence-electron chi connectivity index (χ3n) is 4.51. The third kappa shape index (κ3) is 4.88. The highest BCUT2D eigenvalue weighted by molar-refractivity contribution is 5.96. The molecule has 9 heteroatoms. The van der Waals surface area contributed by atoms with Gasteiger partial charge in [0.15, 0.2) is 0 Å². The van der Waals surface area contributed by atoms with E-state index < -0.39 is 16.9 Å². The molecule has 3 rings (SSSR count). The fourth-order valence-corrected chi connectivity index (χ4v) is 2.96. The number of nitro groups is 1. The van der Waals surface area contributed by atoms with Crippen LogP contribution in [0.25, 0.3) is 0 Å². The summed E-state index contributed by atoms with van der Waals surface area (Å²) in [5.74, 6) is -1.12. The van der Waals surface area contributed by atoms with Crippen LogP contribution < -0.4 is 4.90 Å². The van der Waals surface area contributed by atoms with E-state index in [0.29, 0.717) is 43.1 Å². The predicted octanol–water partition coefficient (Wildman–Crippen LogP) is 2.58. The topological polar surface area (TPSA) is 108 Å². The lowest BCUT2D eigenvalue weighted by Gasteiger charge is -2.30. The van der Waals surface area contributed by atoms with Gasteiger partial charge in [-0.05, 0) is 23.8 Å². The zero-order valence-electron chi connectivity index (χ0n) is 15.8. The number of non-ortho nitro benzene ring substituents is 1.